The first-order valence-electron chi connectivity index (χ1n) is 5.85. The Bertz CT molecular complexity index is 249. The van der Waals surface area contributed by atoms with Crippen LogP contribution >= 0.6 is 0 Å². The highest BCUT2D eigenvalue weighted by Gasteiger charge is 2.22. The molecule has 92 valence electrons. The summed E-state index contributed by atoms with van der Waals surface area (Å²) in [6.45, 7) is 2.00. The van der Waals surface area contributed by atoms with Crippen molar-refractivity contribution in [3.8, 4) is 0 Å². The van der Waals surface area contributed by atoms with Gasteiger partial charge < -0.3 is 14.9 Å². The van der Waals surface area contributed by atoms with E-state index in [0.29, 0.717) is 19.3 Å². The second-order valence-corrected chi connectivity index (χ2v) is 4.16. The van der Waals surface area contributed by atoms with Gasteiger partial charge in [0.1, 0.15) is 6.10 Å². The van der Waals surface area contributed by atoms with Gasteiger partial charge in [-0.1, -0.05) is 25.5 Å². The lowest BCUT2D eigenvalue weighted by atomic mass is 10.0. The van der Waals surface area contributed by atoms with Gasteiger partial charge >= 0.3 is 5.97 Å². The molecular formula is C12H20O4. The fourth-order valence-corrected chi connectivity index (χ4v) is 1.77. The summed E-state index contributed by atoms with van der Waals surface area (Å²) in [6, 6.07) is 0. The second-order valence-electron chi connectivity index (χ2n) is 4.16. The van der Waals surface area contributed by atoms with E-state index < -0.39 is 12.2 Å². The van der Waals surface area contributed by atoms with Crippen molar-refractivity contribution < 1.29 is 19.7 Å². The van der Waals surface area contributed by atoms with Crippen LogP contribution in [-0.4, -0.2) is 34.5 Å². The van der Waals surface area contributed by atoms with Gasteiger partial charge in [-0.05, 0) is 12.8 Å². The molecule has 0 saturated heterocycles. The van der Waals surface area contributed by atoms with Gasteiger partial charge in [0.05, 0.1) is 12.2 Å². The van der Waals surface area contributed by atoms with Crippen LogP contribution in [0.4, 0.5) is 0 Å². The number of rotatable bonds is 2. The Morgan fingerprint density at radius 1 is 1.50 bits per heavy atom. The van der Waals surface area contributed by atoms with Crippen LogP contribution < -0.4 is 0 Å². The molecule has 0 bridgehead atoms. The monoisotopic (exact) mass is 228 g/mol. The minimum absolute atomic E-state index is 0.230. The van der Waals surface area contributed by atoms with Gasteiger partial charge in [0, 0.05) is 12.8 Å². The van der Waals surface area contributed by atoms with Gasteiger partial charge in [-0.25, -0.2) is 0 Å². The molecule has 1 rings (SSSR count). The zero-order valence-electron chi connectivity index (χ0n) is 9.63. The third-order valence-electron chi connectivity index (χ3n) is 2.66. The summed E-state index contributed by atoms with van der Waals surface area (Å²) in [4.78, 5) is 11.4. The Morgan fingerprint density at radius 2 is 2.25 bits per heavy atom. The molecule has 16 heavy (non-hydrogen) atoms. The molecule has 0 saturated carbocycles. The Kier molecular flexibility index (Phi) is 5.49. The number of ether oxygens (including phenoxy) is 1. The number of carbonyl (C=O) groups excluding carboxylic acids is 1. The predicted octanol–water partition coefficient (Wildman–Crippen LogP) is 1.16. The lowest BCUT2D eigenvalue weighted by Crippen LogP contribution is -2.31. The molecule has 2 N–H and O–H groups in total. The molecule has 0 radical (unpaired) electrons. The Morgan fingerprint density at radius 3 is 2.94 bits per heavy atom. The smallest absolute Gasteiger partial charge is 0.306 e. The summed E-state index contributed by atoms with van der Waals surface area (Å²) >= 11 is 0. The van der Waals surface area contributed by atoms with Gasteiger partial charge in [-0.3, -0.25) is 4.79 Å². The molecule has 4 heteroatoms. The van der Waals surface area contributed by atoms with Gasteiger partial charge in [0.25, 0.3) is 0 Å². The van der Waals surface area contributed by atoms with Crippen molar-refractivity contribution in [3.05, 3.63) is 12.2 Å². The maximum Gasteiger partial charge on any atom is 0.306 e. The number of hydrogen-bond donors (Lipinski definition) is 2. The van der Waals surface area contributed by atoms with E-state index in [9.17, 15) is 15.0 Å². The lowest BCUT2D eigenvalue weighted by Gasteiger charge is -2.23. The van der Waals surface area contributed by atoms with Crippen molar-refractivity contribution in [1.82, 2.24) is 0 Å². The van der Waals surface area contributed by atoms with E-state index in [4.69, 9.17) is 4.74 Å². The summed E-state index contributed by atoms with van der Waals surface area (Å²) in [5.74, 6) is -0.230. The number of esters is 1. The fourth-order valence-electron chi connectivity index (χ4n) is 1.77. The van der Waals surface area contributed by atoms with Crippen LogP contribution in [0.5, 0.6) is 0 Å². The molecule has 0 spiro atoms. The SMILES string of the molecule is CCC[C@@H]1C[C@@H](O)[C@@H](O)C=CCCC(=O)O1. The van der Waals surface area contributed by atoms with Gasteiger partial charge in [0.15, 0.2) is 0 Å². The molecule has 1 heterocycles. The van der Waals surface area contributed by atoms with Crippen LogP contribution in [0.25, 0.3) is 0 Å². The molecule has 0 aliphatic carbocycles. The minimum Gasteiger partial charge on any atom is -0.462 e. The fraction of sp³-hybridized carbons (Fsp3) is 0.750. The Balaban J connectivity index is 2.65. The summed E-state index contributed by atoms with van der Waals surface area (Å²) in [5, 5.41) is 19.3. The molecule has 0 aromatic carbocycles. The molecule has 0 fully saturated rings. The average molecular weight is 228 g/mol. The highest BCUT2D eigenvalue weighted by atomic mass is 16.5. The van der Waals surface area contributed by atoms with Gasteiger partial charge in [0.2, 0.25) is 0 Å². The summed E-state index contributed by atoms with van der Waals surface area (Å²) in [7, 11) is 0. The summed E-state index contributed by atoms with van der Waals surface area (Å²) in [5.41, 5.74) is 0. The Hall–Kier alpha value is -0.870. The number of hydrogen-bond acceptors (Lipinski definition) is 4. The first kappa shape index (κ1) is 13.2. The summed E-state index contributed by atoms with van der Waals surface area (Å²) in [6.07, 6.45) is 4.02. The number of allylic oxidation sites excluding steroid dienone is 1. The largest absolute Gasteiger partial charge is 0.462 e. The van der Waals surface area contributed by atoms with E-state index in [1.165, 1.54) is 0 Å². The third-order valence-corrected chi connectivity index (χ3v) is 2.66. The molecule has 1 aliphatic heterocycles. The quantitative estimate of drug-likeness (QED) is 0.550. The molecule has 4 nitrogen and oxygen atoms in total. The van der Waals surface area contributed by atoms with Crippen LogP contribution in [-0.2, 0) is 9.53 Å². The van der Waals surface area contributed by atoms with E-state index in [2.05, 4.69) is 0 Å². The number of cyclic esters (lactones) is 1. The highest BCUT2D eigenvalue weighted by Crippen LogP contribution is 2.15. The lowest BCUT2D eigenvalue weighted by molar-refractivity contribution is -0.151. The maximum absolute atomic E-state index is 11.4. The number of carbonyl (C=O) groups is 1. The first-order valence-corrected chi connectivity index (χ1v) is 5.85. The second kappa shape index (κ2) is 6.66. The zero-order valence-corrected chi connectivity index (χ0v) is 9.63. The van der Waals surface area contributed by atoms with Crippen molar-refractivity contribution in [2.45, 2.75) is 57.3 Å². The van der Waals surface area contributed by atoms with Crippen molar-refractivity contribution in [2.75, 3.05) is 0 Å². The van der Waals surface area contributed by atoms with E-state index in [1.54, 1.807) is 12.2 Å². The predicted molar refractivity (Wildman–Crippen MR) is 59.8 cm³/mol. The zero-order chi connectivity index (χ0) is 12.0. The average Bonchev–Trinajstić information content (AvgIpc) is 2.23. The van der Waals surface area contributed by atoms with Crippen LogP contribution in [0.1, 0.15) is 39.0 Å². The van der Waals surface area contributed by atoms with Crippen molar-refractivity contribution in [2.24, 2.45) is 0 Å². The molecule has 0 aromatic rings. The molecule has 1 aliphatic rings. The third kappa shape index (κ3) is 4.33. The van der Waals surface area contributed by atoms with E-state index >= 15 is 0 Å². The number of aliphatic hydroxyl groups is 2. The van der Waals surface area contributed by atoms with E-state index in [0.717, 1.165) is 12.8 Å². The molecular weight excluding hydrogens is 208 g/mol. The maximum atomic E-state index is 11.4. The van der Waals surface area contributed by atoms with Crippen LogP contribution in [0.15, 0.2) is 12.2 Å². The van der Waals surface area contributed by atoms with E-state index in [-0.39, 0.29) is 12.1 Å². The molecule has 0 amide bonds. The molecule has 0 unspecified atom stereocenters. The van der Waals surface area contributed by atoms with Crippen molar-refractivity contribution in [3.63, 3.8) is 0 Å². The molecule has 0 aromatic heterocycles. The van der Waals surface area contributed by atoms with Crippen LogP contribution in [0.2, 0.25) is 0 Å². The standard InChI is InChI=1S/C12H20O4/c1-2-5-9-8-11(14)10(13)6-3-4-7-12(15)16-9/h3,6,9-11,13-14H,2,4-5,7-8H2,1H3/t9-,10+,11-/m1/s1. The molecule has 3 atom stereocenters. The van der Waals surface area contributed by atoms with Crippen molar-refractivity contribution >= 4 is 5.97 Å². The number of aliphatic hydroxyl groups excluding tert-OH is 2. The van der Waals surface area contributed by atoms with Crippen LogP contribution in [0, 0.1) is 0 Å². The summed E-state index contributed by atoms with van der Waals surface area (Å²) < 4.78 is 5.24. The highest BCUT2D eigenvalue weighted by molar-refractivity contribution is 5.69. The van der Waals surface area contributed by atoms with E-state index in [1.807, 2.05) is 6.92 Å². The van der Waals surface area contributed by atoms with Gasteiger partial charge in [-0.2, -0.15) is 0 Å². The van der Waals surface area contributed by atoms with Crippen molar-refractivity contribution in [1.29, 1.82) is 0 Å². The van der Waals surface area contributed by atoms with Gasteiger partial charge in [-0.15, -0.1) is 0 Å². The minimum atomic E-state index is -0.865. The van der Waals surface area contributed by atoms with Crippen LogP contribution in [0.3, 0.4) is 0 Å². The first-order chi connectivity index (χ1) is 7.63. The topological polar surface area (TPSA) is 66.8 Å². The Labute approximate surface area is 95.9 Å². The normalized spacial score (nSPS) is 32.2.